The standard InChI is InChI=1S/C17H23N3O3S/c1-10(2)20-7-6-11(9-20)18-16(23)19-12-8-13(17(3,4)5)24-14(12)15(21)22/h6-10H,1-5H3,(H,21,22)(H2,18,19,23). The van der Waals surface area contributed by atoms with Crippen molar-refractivity contribution in [2.24, 2.45) is 0 Å². The molecule has 6 nitrogen and oxygen atoms in total. The summed E-state index contributed by atoms with van der Waals surface area (Å²) in [5.74, 6) is -1.04. The molecule has 2 aromatic rings. The number of nitrogens with one attached hydrogen (secondary N) is 2. The molecule has 0 saturated heterocycles. The van der Waals surface area contributed by atoms with E-state index in [1.54, 1.807) is 12.1 Å². The maximum absolute atomic E-state index is 12.2. The number of carboxylic acid groups (broad SMARTS) is 1. The molecule has 0 atom stereocenters. The first-order valence-corrected chi connectivity index (χ1v) is 8.52. The fourth-order valence-corrected chi connectivity index (χ4v) is 3.12. The highest BCUT2D eigenvalue weighted by molar-refractivity contribution is 7.14. The van der Waals surface area contributed by atoms with E-state index in [2.05, 4.69) is 10.6 Å². The van der Waals surface area contributed by atoms with Gasteiger partial charge in [0.1, 0.15) is 4.88 Å². The van der Waals surface area contributed by atoms with Gasteiger partial charge in [-0.25, -0.2) is 9.59 Å². The third-order valence-electron chi connectivity index (χ3n) is 3.48. The fraction of sp³-hybridized carbons (Fsp3) is 0.412. The van der Waals surface area contributed by atoms with Gasteiger partial charge >= 0.3 is 12.0 Å². The predicted octanol–water partition coefficient (Wildman–Crippen LogP) is 4.77. The second-order valence-electron chi connectivity index (χ2n) is 6.93. The van der Waals surface area contributed by atoms with E-state index in [4.69, 9.17) is 0 Å². The third-order valence-corrected chi connectivity index (χ3v) is 5.03. The topological polar surface area (TPSA) is 83.4 Å². The highest BCUT2D eigenvalue weighted by Gasteiger charge is 2.23. The van der Waals surface area contributed by atoms with Crippen LogP contribution in [0.5, 0.6) is 0 Å². The summed E-state index contributed by atoms with van der Waals surface area (Å²) in [6.45, 7) is 10.1. The number of hydrogen-bond donors (Lipinski definition) is 3. The molecule has 0 spiro atoms. The molecule has 0 saturated carbocycles. The van der Waals surface area contributed by atoms with Gasteiger partial charge in [-0.15, -0.1) is 11.3 Å². The van der Waals surface area contributed by atoms with E-state index in [0.717, 1.165) is 4.88 Å². The molecule has 0 radical (unpaired) electrons. The minimum Gasteiger partial charge on any atom is -0.477 e. The van der Waals surface area contributed by atoms with Crippen LogP contribution in [0.25, 0.3) is 0 Å². The minimum atomic E-state index is -1.04. The molecule has 3 N–H and O–H groups in total. The average Bonchev–Trinajstić information content (AvgIpc) is 3.04. The summed E-state index contributed by atoms with van der Waals surface area (Å²) in [6.07, 6.45) is 3.71. The zero-order valence-corrected chi connectivity index (χ0v) is 15.3. The number of thiophene rings is 1. The average molecular weight is 349 g/mol. The molecule has 2 rings (SSSR count). The number of nitrogens with zero attached hydrogens (tertiary/aromatic N) is 1. The van der Waals surface area contributed by atoms with E-state index in [-0.39, 0.29) is 10.3 Å². The molecule has 0 aliphatic rings. The van der Waals surface area contributed by atoms with Gasteiger partial charge in [0.2, 0.25) is 0 Å². The summed E-state index contributed by atoms with van der Waals surface area (Å²) < 4.78 is 1.97. The molecule has 0 aliphatic carbocycles. The fourth-order valence-electron chi connectivity index (χ4n) is 2.11. The van der Waals surface area contributed by atoms with Gasteiger partial charge in [-0.05, 0) is 31.4 Å². The molecule has 0 fully saturated rings. The second-order valence-corrected chi connectivity index (χ2v) is 7.98. The highest BCUT2D eigenvalue weighted by atomic mass is 32.1. The Morgan fingerprint density at radius 3 is 2.42 bits per heavy atom. The van der Waals surface area contributed by atoms with Gasteiger partial charge in [-0.3, -0.25) is 0 Å². The monoisotopic (exact) mass is 349 g/mol. The van der Waals surface area contributed by atoms with Crippen LogP contribution in [0.1, 0.15) is 55.2 Å². The van der Waals surface area contributed by atoms with Gasteiger partial charge in [0.25, 0.3) is 0 Å². The SMILES string of the molecule is CC(C)n1ccc(NC(=O)Nc2cc(C(C)(C)C)sc2C(=O)O)c1. The van der Waals surface area contributed by atoms with Crippen molar-refractivity contribution in [1.82, 2.24) is 4.57 Å². The van der Waals surface area contributed by atoms with Gasteiger partial charge in [0, 0.05) is 23.3 Å². The third kappa shape index (κ3) is 4.17. The van der Waals surface area contributed by atoms with Gasteiger partial charge in [0.05, 0.1) is 11.4 Å². The van der Waals surface area contributed by atoms with Crippen molar-refractivity contribution in [1.29, 1.82) is 0 Å². The molecule has 0 aromatic carbocycles. The van der Waals surface area contributed by atoms with Crippen LogP contribution in [0.15, 0.2) is 24.5 Å². The number of carbonyl (C=O) groups is 2. The number of aromatic carboxylic acids is 1. The molecular formula is C17H23N3O3S. The van der Waals surface area contributed by atoms with Crippen molar-refractivity contribution < 1.29 is 14.7 Å². The van der Waals surface area contributed by atoms with Crippen molar-refractivity contribution in [3.05, 3.63) is 34.3 Å². The lowest BCUT2D eigenvalue weighted by atomic mass is 9.94. The van der Waals surface area contributed by atoms with Crippen LogP contribution in [0.3, 0.4) is 0 Å². The van der Waals surface area contributed by atoms with Crippen LogP contribution >= 0.6 is 11.3 Å². The Labute approximate surface area is 145 Å². The molecule has 2 heterocycles. The Morgan fingerprint density at radius 2 is 1.92 bits per heavy atom. The summed E-state index contributed by atoms with van der Waals surface area (Å²) in [5.41, 5.74) is 0.794. The van der Waals surface area contributed by atoms with E-state index in [1.807, 2.05) is 51.6 Å². The number of hydrogen-bond acceptors (Lipinski definition) is 3. The van der Waals surface area contributed by atoms with E-state index in [0.29, 0.717) is 17.4 Å². The largest absolute Gasteiger partial charge is 0.477 e. The second kappa shape index (κ2) is 6.68. The normalized spacial score (nSPS) is 11.6. The lowest BCUT2D eigenvalue weighted by Gasteiger charge is -2.15. The number of amides is 2. The van der Waals surface area contributed by atoms with E-state index < -0.39 is 12.0 Å². The van der Waals surface area contributed by atoms with Crippen molar-refractivity contribution >= 4 is 34.7 Å². The molecule has 0 aliphatic heterocycles. The summed E-state index contributed by atoms with van der Waals surface area (Å²) in [6, 6.07) is 3.37. The Kier molecular flexibility index (Phi) is 5.03. The summed E-state index contributed by atoms with van der Waals surface area (Å²) in [7, 11) is 0. The molecule has 130 valence electrons. The molecule has 24 heavy (non-hydrogen) atoms. The minimum absolute atomic E-state index is 0.134. The molecule has 2 amide bonds. The first-order chi connectivity index (χ1) is 11.1. The summed E-state index contributed by atoms with van der Waals surface area (Å²) in [5, 5.41) is 14.7. The zero-order valence-electron chi connectivity index (χ0n) is 14.5. The van der Waals surface area contributed by atoms with Gasteiger partial charge in [-0.2, -0.15) is 0 Å². The lowest BCUT2D eigenvalue weighted by Crippen LogP contribution is -2.20. The van der Waals surface area contributed by atoms with Crippen LogP contribution in [-0.2, 0) is 5.41 Å². The number of rotatable bonds is 4. The van der Waals surface area contributed by atoms with Crippen molar-refractivity contribution in [2.45, 2.75) is 46.1 Å². The van der Waals surface area contributed by atoms with Gasteiger partial charge in [-0.1, -0.05) is 20.8 Å². The number of urea groups is 1. The lowest BCUT2D eigenvalue weighted by molar-refractivity contribution is 0.0703. The van der Waals surface area contributed by atoms with Crippen LogP contribution in [0.2, 0.25) is 0 Å². The number of anilines is 2. The van der Waals surface area contributed by atoms with Crippen molar-refractivity contribution in [3.63, 3.8) is 0 Å². The van der Waals surface area contributed by atoms with E-state index >= 15 is 0 Å². The Hall–Kier alpha value is -2.28. The van der Waals surface area contributed by atoms with Gasteiger partial charge < -0.3 is 20.3 Å². The quantitative estimate of drug-likeness (QED) is 0.743. The Balaban J connectivity index is 2.15. The Bertz CT molecular complexity index is 753. The number of carbonyl (C=O) groups excluding carboxylic acids is 1. The van der Waals surface area contributed by atoms with E-state index in [9.17, 15) is 14.7 Å². The summed E-state index contributed by atoms with van der Waals surface area (Å²) in [4.78, 5) is 24.6. The zero-order chi connectivity index (χ0) is 18.1. The van der Waals surface area contributed by atoms with Crippen molar-refractivity contribution in [2.75, 3.05) is 10.6 Å². The smallest absolute Gasteiger partial charge is 0.348 e. The van der Waals surface area contributed by atoms with Crippen LogP contribution in [0, 0.1) is 0 Å². The van der Waals surface area contributed by atoms with Gasteiger partial charge in [0.15, 0.2) is 0 Å². The number of aromatic nitrogens is 1. The number of carboxylic acids is 1. The maximum atomic E-state index is 12.2. The first-order valence-electron chi connectivity index (χ1n) is 7.71. The first kappa shape index (κ1) is 18.1. The van der Waals surface area contributed by atoms with E-state index in [1.165, 1.54) is 11.3 Å². The molecule has 7 heteroatoms. The van der Waals surface area contributed by atoms with Crippen molar-refractivity contribution in [3.8, 4) is 0 Å². The molecule has 0 bridgehead atoms. The van der Waals surface area contributed by atoms with Crippen LogP contribution in [0.4, 0.5) is 16.2 Å². The molecular weight excluding hydrogens is 326 g/mol. The maximum Gasteiger partial charge on any atom is 0.348 e. The van der Waals surface area contributed by atoms with Crippen LogP contribution in [-0.4, -0.2) is 21.7 Å². The Morgan fingerprint density at radius 1 is 1.25 bits per heavy atom. The molecule has 2 aromatic heterocycles. The molecule has 0 unspecified atom stereocenters. The highest BCUT2D eigenvalue weighted by Crippen LogP contribution is 2.35. The summed E-state index contributed by atoms with van der Waals surface area (Å²) >= 11 is 1.18. The van der Waals surface area contributed by atoms with Crippen LogP contribution < -0.4 is 10.6 Å². The predicted molar refractivity (Wildman–Crippen MR) is 97.4 cm³/mol.